The summed E-state index contributed by atoms with van der Waals surface area (Å²) in [5.41, 5.74) is 1.24. The van der Waals surface area contributed by atoms with Crippen molar-refractivity contribution >= 4 is 11.9 Å². The van der Waals surface area contributed by atoms with Crippen molar-refractivity contribution in [2.75, 3.05) is 13.1 Å². The largest absolute Gasteiger partial charge is 0.481 e. The molecule has 0 aromatic carbocycles. The molecule has 2 heterocycles. The third kappa shape index (κ3) is 2.37. The van der Waals surface area contributed by atoms with E-state index >= 15 is 0 Å². The lowest BCUT2D eigenvalue weighted by Gasteiger charge is -2.34. The number of aliphatic carboxylic acids is 1. The summed E-state index contributed by atoms with van der Waals surface area (Å²) < 4.78 is 0. The van der Waals surface area contributed by atoms with Gasteiger partial charge < -0.3 is 10.0 Å². The van der Waals surface area contributed by atoms with Crippen molar-refractivity contribution in [3.63, 3.8) is 0 Å². The number of likely N-dealkylation sites (tertiary alicyclic amines) is 1. The van der Waals surface area contributed by atoms with Gasteiger partial charge in [-0.1, -0.05) is 6.92 Å². The Labute approximate surface area is 105 Å². The van der Waals surface area contributed by atoms with E-state index in [1.54, 1.807) is 11.0 Å². The number of carboxylic acid groups (broad SMARTS) is 1. The van der Waals surface area contributed by atoms with Gasteiger partial charge in [-0.2, -0.15) is 5.10 Å². The number of aryl methyl sites for hydroxylation is 1. The second-order valence-corrected chi connectivity index (χ2v) is 4.90. The molecule has 1 fully saturated rings. The standard InChI is InChI=1S/C12H17N3O3/c1-7-6-15(4-3-9(7)12(17)18)11(16)10-5-8(2)13-14-10/h5,7,9H,3-4,6H2,1-2H3,(H,13,14)(H,17,18)/t7-,9+/m1/s1. The topological polar surface area (TPSA) is 86.3 Å². The molecule has 18 heavy (non-hydrogen) atoms. The van der Waals surface area contributed by atoms with Crippen molar-refractivity contribution in [3.05, 3.63) is 17.5 Å². The monoisotopic (exact) mass is 251 g/mol. The summed E-state index contributed by atoms with van der Waals surface area (Å²) in [5.74, 6) is -1.28. The van der Waals surface area contributed by atoms with Gasteiger partial charge >= 0.3 is 5.97 Å². The molecule has 1 aliphatic heterocycles. The van der Waals surface area contributed by atoms with Gasteiger partial charge in [0.05, 0.1) is 5.92 Å². The highest BCUT2D eigenvalue weighted by atomic mass is 16.4. The molecule has 2 rings (SSSR count). The van der Waals surface area contributed by atoms with Crippen LogP contribution in [0.2, 0.25) is 0 Å². The van der Waals surface area contributed by atoms with Crippen LogP contribution < -0.4 is 0 Å². The van der Waals surface area contributed by atoms with Gasteiger partial charge in [-0.25, -0.2) is 0 Å². The van der Waals surface area contributed by atoms with Gasteiger partial charge in [0, 0.05) is 18.8 Å². The highest BCUT2D eigenvalue weighted by molar-refractivity contribution is 5.92. The average Bonchev–Trinajstić information content (AvgIpc) is 2.74. The molecule has 1 aromatic rings. The van der Waals surface area contributed by atoms with Gasteiger partial charge in [0.2, 0.25) is 0 Å². The zero-order valence-corrected chi connectivity index (χ0v) is 10.5. The fourth-order valence-corrected chi connectivity index (χ4v) is 2.39. The third-order valence-corrected chi connectivity index (χ3v) is 3.43. The molecule has 6 heteroatoms. The first-order valence-corrected chi connectivity index (χ1v) is 6.03. The molecular formula is C12H17N3O3. The minimum atomic E-state index is -0.773. The van der Waals surface area contributed by atoms with E-state index in [2.05, 4.69) is 10.2 Å². The Hall–Kier alpha value is -1.85. The Balaban J connectivity index is 2.04. The van der Waals surface area contributed by atoms with E-state index in [0.717, 1.165) is 5.69 Å². The summed E-state index contributed by atoms with van der Waals surface area (Å²) in [4.78, 5) is 24.8. The molecule has 0 saturated carbocycles. The number of nitrogens with one attached hydrogen (secondary N) is 1. The maximum absolute atomic E-state index is 12.1. The van der Waals surface area contributed by atoms with Crippen molar-refractivity contribution < 1.29 is 14.7 Å². The van der Waals surface area contributed by atoms with Crippen LogP contribution in [0.3, 0.4) is 0 Å². The second-order valence-electron chi connectivity index (χ2n) is 4.90. The van der Waals surface area contributed by atoms with Crippen molar-refractivity contribution in [1.29, 1.82) is 0 Å². The molecule has 0 radical (unpaired) electrons. The van der Waals surface area contributed by atoms with Crippen LogP contribution in [-0.2, 0) is 4.79 Å². The summed E-state index contributed by atoms with van der Waals surface area (Å²) in [6, 6.07) is 1.70. The number of carbonyl (C=O) groups is 2. The van der Waals surface area contributed by atoms with Crippen molar-refractivity contribution in [1.82, 2.24) is 15.1 Å². The number of aromatic nitrogens is 2. The third-order valence-electron chi connectivity index (χ3n) is 3.43. The van der Waals surface area contributed by atoms with E-state index in [0.29, 0.717) is 25.2 Å². The lowest BCUT2D eigenvalue weighted by atomic mass is 9.87. The smallest absolute Gasteiger partial charge is 0.306 e. The van der Waals surface area contributed by atoms with E-state index in [4.69, 9.17) is 5.11 Å². The first kappa shape index (κ1) is 12.6. The normalized spacial score (nSPS) is 24.0. The SMILES string of the molecule is Cc1cc(C(=O)N2CC[C@H](C(=O)O)[C@H](C)C2)n[nH]1. The molecule has 1 aliphatic rings. The number of hydrogen-bond donors (Lipinski definition) is 2. The molecule has 0 spiro atoms. The van der Waals surface area contributed by atoms with Crippen LogP contribution in [0.1, 0.15) is 29.5 Å². The lowest BCUT2D eigenvalue weighted by molar-refractivity contribution is -0.145. The van der Waals surface area contributed by atoms with Crippen LogP contribution in [0.4, 0.5) is 0 Å². The van der Waals surface area contributed by atoms with Crippen LogP contribution in [0.15, 0.2) is 6.07 Å². The molecule has 1 aromatic heterocycles. The Morgan fingerprint density at radius 2 is 2.28 bits per heavy atom. The zero-order chi connectivity index (χ0) is 13.3. The van der Waals surface area contributed by atoms with Gasteiger partial charge in [-0.05, 0) is 25.3 Å². The predicted octanol–water partition coefficient (Wildman–Crippen LogP) is 0.901. The van der Waals surface area contributed by atoms with E-state index in [1.807, 2.05) is 13.8 Å². The molecule has 2 atom stereocenters. The fraction of sp³-hybridized carbons (Fsp3) is 0.583. The Bertz CT molecular complexity index is 469. The Kier molecular flexibility index (Phi) is 3.36. The molecule has 0 bridgehead atoms. The van der Waals surface area contributed by atoms with E-state index < -0.39 is 5.97 Å². The van der Waals surface area contributed by atoms with Crippen molar-refractivity contribution in [2.45, 2.75) is 20.3 Å². The minimum absolute atomic E-state index is 0.0276. The van der Waals surface area contributed by atoms with Crippen LogP contribution in [0.25, 0.3) is 0 Å². The number of rotatable bonds is 2. The van der Waals surface area contributed by atoms with E-state index in [9.17, 15) is 9.59 Å². The second kappa shape index (κ2) is 4.80. The number of carboxylic acids is 1. The molecule has 0 aliphatic carbocycles. The number of hydrogen-bond acceptors (Lipinski definition) is 3. The number of amides is 1. The van der Waals surface area contributed by atoms with Crippen LogP contribution in [0.5, 0.6) is 0 Å². The number of nitrogens with zero attached hydrogens (tertiary/aromatic N) is 2. The van der Waals surface area contributed by atoms with Gasteiger partial charge in [0.1, 0.15) is 5.69 Å². The van der Waals surface area contributed by atoms with Gasteiger partial charge in [-0.3, -0.25) is 14.7 Å². The minimum Gasteiger partial charge on any atom is -0.481 e. The quantitative estimate of drug-likeness (QED) is 0.817. The molecule has 1 saturated heterocycles. The fourth-order valence-electron chi connectivity index (χ4n) is 2.39. The first-order chi connectivity index (χ1) is 8.49. The zero-order valence-electron chi connectivity index (χ0n) is 10.5. The maximum atomic E-state index is 12.1. The summed E-state index contributed by atoms with van der Waals surface area (Å²) in [6.07, 6.45) is 0.506. The molecule has 0 unspecified atom stereocenters. The summed E-state index contributed by atoms with van der Waals surface area (Å²) in [5, 5.41) is 15.7. The maximum Gasteiger partial charge on any atom is 0.306 e. The van der Waals surface area contributed by atoms with E-state index in [-0.39, 0.29) is 17.7 Å². The molecule has 1 amide bonds. The highest BCUT2D eigenvalue weighted by Gasteiger charge is 2.33. The first-order valence-electron chi connectivity index (χ1n) is 6.03. The lowest BCUT2D eigenvalue weighted by Crippen LogP contribution is -2.45. The summed E-state index contributed by atoms with van der Waals surface area (Å²) in [7, 11) is 0. The van der Waals surface area contributed by atoms with Gasteiger partial charge in [0.25, 0.3) is 5.91 Å². The van der Waals surface area contributed by atoms with Gasteiger partial charge in [0.15, 0.2) is 0 Å². The number of H-pyrrole nitrogens is 1. The molecule has 6 nitrogen and oxygen atoms in total. The van der Waals surface area contributed by atoms with Crippen LogP contribution in [0, 0.1) is 18.8 Å². The van der Waals surface area contributed by atoms with Gasteiger partial charge in [-0.15, -0.1) is 0 Å². The Morgan fingerprint density at radius 1 is 1.56 bits per heavy atom. The number of carbonyl (C=O) groups excluding carboxylic acids is 1. The predicted molar refractivity (Wildman–Crippen MR) is 64.1 cm³/mol. The summed E-state index contributed by atoms with van der Waals surface area (Å²) in [6.45, 7) is 4.66. The van der Waals surface area contributed by atoms with Crippen LogP contribution >= 0.6 is 0 Å². The average molecular weight is 251 g/mol. The number of aromatic amines is 1. The van der Waals surface area contributed by atoms with Crippen molar-refractivity contribution in [3.8, 4) is 0 Å². The molecule has 2 N–H and O–H groups in total. The Morgan fingerprint density at radius 3 is 2.78 bits per heavy atom. The highest BCUT2D eigenvalue weighted by Crippen LogP contribution is 2.24. The van der Waals surface area contributed by atoms with Crippen LogP contribution in [-0.4, -0.2) is 45.2 Å². The number of piperidine rings is 1. The molecule has 98 valence electrons. The molecular weight excluding hydrogens is 234 g/mol. The van der Waals surface area contributed by atoms with Crippen molar-refractivity contribution in [2.24, 2.45) is 11.8 Å². The summed E-state index contributed by atoms with van der Waals surface area (Å²) >= 11 is 0. The van der Waals surface area contributed by atoms with E-state index in [1.165, 1.54) is 0 Å².